The molecule has 98 valence electrons. The van der Waals surface area contributed by atoms with Crippen LogP contribution in [0, 0.1) is 5.92 Å². The van der Waals surface area contributed by atoms with Crippen molar-refractivity contribution in [3.63, 3.8) is 0 Å². The van der Waals surface area contributed by atoms with Gasteiger partial charge in [0.25, 0.3) is 0 Å². The molecule has 5 heteroatoms. The maximum atomic E-state index is 12.1. The molecule has 19 heavy (non-hydrogen) atoms. The van der Waals surface area contributed by atoms with Crippen molar-refractivity contribution in [2.75, 3.05) is 0 Å². The molecule has 0 bridgehead atoms. The van der Waals surface area contributed by atoms with Crippen LogP contribution in [-0.4, -0.2) is 20.4 Å². The number of aryl methyl sites for hydroxylation is 1. The highest BCUT2D eigenvalue weighted by Gasteiger charge is 2.24. The van der Waals surface area contributed by atoms with E-state index in [4.69, 9.17) is 0 Å². The molecule has 0 fully saturated rings. The van der Waals surface area contributed by atoms with Gasteiger partial charge in [-0.3, -0.25) is 9.78 Å². The summed E-state index contributed by atoms with van der Waals surface area (Å²) in [6.45, 7) is 1.44. The fraction of sp³-hybridized carbons (Fsp3) is 0.357. The largest absolute Gasteiger partial charge is 0.352 e. The second-order valence-electron chi connectivity index (χ2n) is 4.80. The molecule has 1 amide bonds. The summed E-state index contributed by atoms with van der Waals surface area (Å²) in [5.74, 6) is 1.16. The standard InChI is InChI=1S/C14H16N4O/c19-14(17-10-11-1-4-15-5-2-11)12-3-7-18-8-6-16-13(18)9-12/h1-2,4-6,8,12H,3,7,9-10H2,(H,17,19). The van der Waals surface area contributed by atoms with Gasteiger partial charge in [0, 0.05) is 50.2 Å². The smallest absolute Gasteiger partial charge is 0.223 e. The van der Waals surface area contributed by atoms with E-state index in [9.17, 15) is 4.79 Å². The van der Waals surface area contributed by atoms with Crippen LogP contribution < -0.4 is 5.32 Å². The van der Waals surface area contributed by atoms with Crippen molar-refractivity contribution in [1.82, 2.24) is 19.9 Å². The van der Waals surface area contributed by atoms with Crippen LogP contribution in [0.2, 0.25) is 0 Å². The highest BCUT2D eigenvalue weighted by molar-refractivity contribution is 5.78. The van der Waals surface area contributed by atoms with Gasteiger partial charge in [-0.1, -0.05) is 0 Å². The lowest BCUT2D eigenvalue weighted by Crippen LogP contribution is -2.35. The summed E-state index contributed by atoms with van der Waals surface area (Å²) in [5.41, 5.74) is 1.07. The van der Waals surface area contributed by atoms with Gasteiger partial charge in [0.15, 0.2) is 0 Å². The van der Waals surface area contributed by atoms with E-state index in [1.807, 2.05) is 18.3 Å². The van der Waals surface area contributed by atoms with Gasteiger partial charge in [-0.05, 0) is 24.1 Å². The summed E-state index contributed by atoms with van der Waals surface area (Å²) in [4.78, 5) is 20.4. The van der Waals surface area contributed by atoms with Gasteiger partial charge in [-0.15, -0.1) is 0 Å². The zero-order valence-corrected chi connectivity index (χ0v) is 10.6. The van der Waals surface area contributed by atoms with Crippen molar-refractivity contribution in [1.29, 1.82) is 0 Å². The molecule has 3 rings (SSSR count). The number of hydrogen-bond acceptors (Lipinski definition) is 3. The number of rotatable bonds is 3. The molecular formula is C14H16N4O. The Morgan fingerprint density at radius 1 is 1.37 bits per heavy atom. The molecule has 1 N–H and O–H groups in total. The summed E-state index contributed by atoms with van der Waals surface area (Å²) >= 11 is 0. The first-order chi connectivity index (χ1) is 9.33. The SMILES string of the molecule is O=C(NCc1ccncc1)C1CCn2ccnc2C1. The van der Waals surface area contributed by atoms with Crippen molar-refractivity contribution in [3.05, 3.63) is 48.3 Å². The lowest BCUT2D eigenvalue weighted by molar-refractivity contribution is -0.125. The number of nitrogens with zero attached hydrogens (tertiary/aromatic N) is 3. The van der Waals surface area contributed by atoms with Crippen molar-refractivity contribution < 1.29 is 4.79 Å². The van der Waals surface area contributed by atoms with Gasteiger partial charge < -0.3 is 9.88 Å². The van der Waals surface area contributed by atoms with Gasteiger partial charge >= 0.3 is 0 Å². The molecule has 0 radical (unpaired) electrons. The van der Waals surface area contributed by atoms with E-state index < -0.39 is 0 Å². The number of imidazole rings is 1. The maximum absolute atomic E-state index is 12.1. The monoisotopic (exact) mass is 256 g/mol. The van der Waals surface area contributed by atoms with Crippen LogP contribution in [0.25, 0.3) is 0 Å². The minimum absolute atomic E-state index is 0.0386. The Morgan fingerprint density at radius 2 is 2.21 bits per heavy atom. The number of aromatic nitrogens is 3. The number of fused-ring (bicyclic) bond motifs is 1. The molecule has 1 aliphatic heterocycles. The number of carbonyl (C=O) groups excluding carboxylic acids is 1. The van der Waals surface area contributed by atoms with E-state index in [1.54, 1.807) is 18.6 Å². The van der Waals surface area contributed by atoms with Crippen molar-refractivity contribution in [2.24, 2.45) is 5.92 Å². The van der Waals surface area contributed by atoms with E-state index >= 15 is 0 Å². The molecule has 0 aliphatic carbocycles. The first kappa shape index (κ1) is 11.9. The van der Waals surface area contributed by atoms with Crippen LogP contribution in [0.4, 0.5) is 0 Å². The molecule has 0 spiro atoms. The molecule has 0 saturated heterocycles. The van der Waals surface area contributed by atoms with Gasteiger partial charge in [0.05, 0.1) is 0 Å². The molecule has 3 heterocycles. The van der Waals surface area contributed by atoms with Crippen molar-refractivity contribution in [2.45, 2.75) is 25.9 Å². The van der Waals surface area contributed by atoms with E-state index in [1.165, 1.54) is 0 Å². The third-order valence-electron chi connectivity index (χ3n) is 3.54. The predicted molar refractivity (Wildman–Crippen MR) is 70.1 cm³/mol. The van der Waals surface area contributed by atoms with Crippen LogP contribution in [0.1, 0.15) is 17.8 Å². The van der Waals surface area contributed by atoms with E-state index in [0.29, 0.717) is 6.54 Å². The van der Waals surface area contributed by atoms with Crippen molar-refractivity contribution in [3.8, 4) is 0 Å². The van der Waals surface area contributed by atoms with Crippen LogP contribution in [0.3, 0.4) is 0 Å². The molecule has 2 aromatic rings. The van der Waals surface area contributed by atoms with E-state index in [0.717, 1.165) is 30.8 Å². The van der Waals surface area contributed by atoms with E-state index in [2.05, 4.69) is 19.9 Å². The second-order valence-corrected chi connectivity index (χ2v) is 4.80. The zero-order chi connectivity index (χ0) is 13.1. The Balaban J connectivity index is 1.57. The predicted octanol–water partition coefficient (Wildman–Crippen LogP) is 1.16. The Bertz CT molecular complexity index is 564. The van der Waals surface area contributed by atoms with E-state index in [-0.39, 0.29) is 11.8 Å². The molecule has 1 unspecified atom stereocenters. The maximum Gasteiger partial charge on any atom is 0.223 e. The first-order valence-corrected chi connectivity index (χ1v) is 6.49. The average Bonchev–Trinajstić information content (AvgIpc) is 2.93. The molecular weight excluding hydrogens is 240 g/mol. The van der Waals surface area contributed by atoms with Gasteiger partial charge in [-0.2, -0.15) is 0 Å². The first-order valence-electron chi connectivity index (χ1n) is 6.49. The van der Waals surface area contributed by atoms with Crippen LogP contribution in [0.15, 0.2) is 36.9 Å². The van der Waals surface area contributed by atoms with Crippen LogP contribution >= 0.6 is 0 Å². The summed E-state index contributed by atoms with van der Waals surface area (Å²) in [6, 6.07) is 3.82. The molecule has 1 atom stereocenters. The molecule has 1 aliphatic rings. The van der Waals surface area contributed by atoms with Crippen molar-refractivity contribution >= 4 is 5.91 Å². The summed E-state index contributed by atoms with van der Waals surface area (Å²) in [5, 5.41) is 2.99. The fourth-order valence-corrected chi connectivity index (χ4v) is 2.41. The third kappa shape index (κ3) is 2.65. The fourth-order valence-electron chi connectivity index (χ4n) is 2.41. The number of amides is 1. The van der Waals surface area contributed by atoms with Crippen LogP contribution in [-0.2, 0) is 24.3 Å². The normalized spacial score (nSPS) is 17.8. The Kier molecular flexibility index (Phi) is 3.27. The minimum atomic E-state index is 0.0386. The second kappa shape index (κ2) is 5.22. The Morgan fingerprint density at radius 3 is 3.05 bits per heavy atom. The number of nitrogens with one attached hydrogen (secondary N) is 1. The molecule has 2 aromatic heterocycles. The number of carbonyl (C=O) groups is 1. The highest BCUT2D eigenvalue weighted by Crippen LogP contribution is 2.19. The highest BCUT2D eigenvalue weighted by atomic mass is 16.1. The van der Waals surface area contributed by atoms with Gasteiger partial charge in [-0.25, -0.2) is 4.98 Å². The topological polar surface area (TPSA) is 59.8 Å². The lowest BCUT2D eigenvalue weighted by atomic mass is 9.97. The number of pyridine rings is 1. The zero-order valence-electron chi connectivity index (χ0n) is 10.6. The molecule has 5 nitrogen and oxygen atoms in total. The van der Waals surface area contributed by atoms with Crippen LogP contribution in [0.5, 0.6) is 0 Å². The minimum Gasteiger partial charge on any atom is -0.352 e. The summed E-state index contributed by atoms with van der Waals surface area (Å²) in [7, 11) is 0. The quantitative estimate of drug-likeness (QED) is 0.896. The van der Waals surface area contributed by atoms with Gasteiger partial charge in [0.2, 0.25) is 5.91 Å². The number of hydrogen-bond donors (Lipinski definition) is 1. The third-order valence-corrected chi connectivity index (χ3v) is 3.54. The average molecular weight is 256 g/mol. The molecule has 0 saturated carbocycles. The summed E-state index contributed by atoms with van der Waals surface area (Å²) in [6.07, 6.45) is 8.85. The molecule has 0 aromatic carbocycles. The Labute approximate surface area is 111 Å². The Hall–Kier alpha value is -2.17. The van der Waals surface area contributed by atoms with Gasteiger partial charge in [0.1, 0.15) is 5.82 Å². The lowest BCUT2D eigenvalue weighted by Gasteiger charge is -2.22. The summed E-state index contributed by atoms with van der Waals surface area (Å²) < 4.78 is 2.12.